The highest BCUT2D eigenvalue weighted by molar-refractivity contribution is 7.90. The molecule has 3 heterocycles. The number of anilines is 4. The highest BCUT2D eigenvalue weighted by Crippen LogP contribution is 2.48. The summed E-state index contributed by atoms with van der Waals surface area (Å²) in [5.41, 5.74) is 2.34. The molecular formula is C23H24F2N8O2S. The Morgan fingerprint density at radius 2 is 1.86 bits per heavy atom. The Kier molecular flexibility index (Phi) is 5.74. The summed E-state index contributed by atoms with van der Waals surface area (Å²) in [6, 6.07) is 3.38. The summed E-state index contributed by atoms with van der Waals surface area (Å²) in [6.45, 7) is 1.87. The molecule has 1 saturated carbocycles. The molecule has 0 unspecified atom stereocenters. The zero-order valence-electron chi connectivity index (χ0n) is 20.0. The maximum atomic E-state index is 15.0. The number of benzene rings is 1. The molecule has 0 spiro atoms. The van der Waals surface area contributed by atoms with Gasteiger partial charge in [-0.05, 0) is 37.8 Å². The van der Waals surface area contributed by atoms with Gasteiger partial charge in [-0.15, -0.1) is 0 Å². The number of aromatic nitrogens is 6. The first-order valence-electron chi connectivity index (χ1n) is 11.1. The first-order valence-corrected chi connectivity index (χ1v) is 13.0. The monoisotopic (exact) mass is 514 g/mol. The molecule has 2 N–H and O–H groups in total. The molecule has 36 heavy (non-hydrogen) atoms. The van der Waals surface area contributed by atoms with Crippen molar-refractivity contribution in [2.75, 3.05) is 23.5 Å². The van der Waals surface area contributed by atoms with Gasteiger partial charge in [0, 0.05) is 43.9 Å². The summed E-state index contributed by atoms with van der Waals surface area (Å²) in [7, 11) is -0.553. The second-order valence-electron chi connectivity index (χ2n) is 8.96. The van der Waals surface area contributed by atoms with Gasteiger partial charge in [0.15, 0.2) is 27.3 Å². The van der Waals surface area contributed by atoms with Crippen LogP contribution in [-0.4, -0.2) is 51.4 Å². The van der Waals surface area contributed by atoms with Crippen molar-refractivity contribution in [3.63, 3.8) is 0 Å². The lowest BCUT2D eigenvalue weighted by Crippen LogP contribution is -2.19. The maximum absolute atomic E-state index is 15.0. The van der Waals surface area contributed by atoms with Crippen LogP contribution in [0.2, 0.25) is 0 Å². The molecule has 0 radical (unpaired) electrons. The number of nitrogens with one attached hydrogen (secondary N) is 2. The standard InChI is InChI=1S/C23H24F2N8O2S/c1-12-7-18(31-30-12)27-22-19(13-5-6-13)20(17-10-32(2)11-26-17)28-23(29-22)33(3)21-15(24)8-14(9-16(21)25)36(4,34)35/h7-11,13H,5-6H2,1-4H3,(H2,27,28,29,30,31). The highest BCUT2D eigenvalue weighted by Gasteiger charge is 2.33. The number of aryl methyl sites for hydroxylation is 2. The highest BCUT2D eigenvalue weighted by atomic mass is 32.2. The number of sulfone groups is 1. The summed E-state index contributed by atoms with van der Waals surface area (Å²) >= 11 is 0. The zero-order valence-corrected chi connectivity index (χ0v) is 20.9. The number of aromatic amines is 1. The van der Waals surface area contributed by atoms with E-state index in [9.17, 15) is 8.42 Å². The van der Waals surface area contributed by atoms with Gasteiger partial charge in [0.1, 0.15) is 22.9 Å². The lowest BCUT2D eigenvalue weighted by Gasteiger charge is -2.22. The van der Waals surface area contributed by atoms with E-state index in [1.807, 2.05) is 26.2 Å². The van der Waals surface area contributed by atoms with Crippen LogP contribution < -0.4 is 10.2 Å². The largest absolute Gasteiger partial charge is 0.340 e. The predicted octanol–water partition coefficient (Wildman–Crippen LogP) is 3.98. The summed E-state index contributed by atoms with van der Waals surface area (Å²) in [4.78, 5) is 14.4. The van der Waals surface area contributed by atoms with Gasteiger partial charge in [0.2, 0.25) is 5.95 Å². The third-order valence-electron chi connectivity index (χ3n) is 5.87. The van der Waals surface area contributed by atoms with Crippen LogP contribution in [0.15, 0.2) is 35.6 Å². The first-order chi connectivity index (χ1) is 17.0. The van der Waals surface area contributed by atoms with Crippen LogP contribution in [0.25, 0.3) is 11.4 Å². The summed E-state index contributed by atoms with van der Waals surface area (Å²) in [5.74, 6) is -0.918. The Balaban J connectivity index is 1.68. The van der Waals surface area contributed by atoms with Gasteiger partial charge in [0.25, 0.3) is 0 Å². The molecule has 1 aliphatic rings. The van der Waals surface area contributed by atoms with E-state index in [4.69, 9.17) is 0 Å². The fourth-order valence-corrected chi connectivity index (χ4v) is 4.61. The van der Waals surface area contributed by atoms with E-state index in [1.165, 1.54) is 7.05 Å². The number of H-pyrrole nitrogens is 1. The minimum Gasteiger partial charge on any atom is -0.340 e. The second kappa shape index (κ2) is 8.66. The number of hydrogen-bond donors (Lipinski definition) is 2. The van der Waals surface area contributed by atoms with Crippen molar-refractivity contribution in [1.29, 1.82) is 0 Å². The smallest absolute Gasteiger partial charge is 0.232 e. The van der Waals surface area contributed by atoms with Gasteiger partial charge in [-0.2, -0.15) is 10.1 Å². The quantitative estimate of drug-likeness (QED) is 0.380. The van der Waals surface area contributed by atoms with Crippen LogP contribution in [0, 0.1) is 18.6 Å². The van der Waals surface area contributed by atoms with Crippen LogP contribution in [0.4, 0.5) is 32.1 Å². The molecule has 0 aliphatic heterocycles. The van der Waals surface area contributed by atoms with E-state index in [2.05, 4.69) is 30.5 Å². The fourth-order valence-electron chi connectivity index (χ4n) is 3.97. The lowest BCUT2D eigenvalue weighted by atomic mass is 10.1. The number of hydrogen-bond acceptors (Lipinski definition) is 8. The summed E-state index contributed by atoms with van der Waals surface area (Å²) in [5, 5.41) is 10.3. The van der Waals surface area contributed by atoms with Gasteiger partial charge in [-0.25, -0.2) is 27.2 Å². The third-order valence-corrected chi connectivity index (χ3v) is 6.97. The second-order valence-corrected chi connectivity index (χ2v) is 11.0. The van der Waals surface area contributed by atoms with E-state index >= 15 is 8.78 Å². The molecule has 0 amide bonds. The number of halogens is 2. The molecule has 13 heteroatoms. The van der Waals surface area contributed by atoms with Gasteiger partial charge in [-0.1, -0.05) is 0 Å². The minimum atomic E-state index is -3.80. The third kappa shape index (κ3) is 4.53. The number of rotatable bonds is 7. The molecule has 3 aromatic heterocycles. The zero-order chi connectivity index (χ0) is 25.8. The van der Waals surface area contributed by atoms with Crippen molar-refractivity contribution < 1.29 is 17.2 Å². The Hall–Kier alpha value is -3.87. The van der Waals surface area contributed by atoms with Crippen LogP contribution in [0.3, 0.4) is 0 Å². The Bertz CT molecular complexity index is 1550. The van der Waals surface area contributed by atoms with Crippen molar-refractivity contribution in [1.82, 2.24) is 29.7 Å². The van der Waals surface area contributed by atoms with Crippen LogP contribution in [0.1, 0.15) is 30.0 Å². The van der Waals surface area contributed by atoms with Gasteiger partial charge < -0.3 is 14.8 Å². The van der Waals surface area contributed by atoms with Crippen LogP contribution in [0.5, 0.6) is 0 Å². The van der Waals surface area contributed by atoms with Gasteiger partial charge in [-0.3, -0.25) is 5.10 Å². The Labute approximate surface area is 206 Å². The van der Waals surface area contributed by atoms with Crippen molar-refractivity contribution >= 4 is 33.1 Å². The molecule has 0 saturated heterocycles. The normalized spacial score (nSPS) is 13.7. The van der Waals surface area contributed by atoms with Crippen molar-refractivity contribution in [3.8, 4) is 11.4 Å². The van der Waals surface area contributed by atoms with Gasteiger partial charge >= 0.3 is 0 Å². The molecular weight excluding hydrogens is 490 g/mol. The number of nitrogens with zero attached hydrogens (tertiary/aromatic N) is 6. The molecule has 1 aliphatic carbocycles. The predicted molar refractivity (Wildman–Crippen MR) is 130 cm³/mol. The summed E-state index contributed by atoms with van der Waals surface area (Å²) in [6.07, 6.45) is 6.23. The molecule has 1 fully saturated rings. The van der Waals surface area contributed by atoms with Gasteiger partial charge in [0.05, 0.1) is 11.2 Å². The molecule has 10 nitrogen and oxygen atoms in total. The lowest BCUT2D eigenvalue weighted by molar-refractivity contribution is 0.569. The minimum absolute atomic E-state index is 0.000263. The summed E-state index contributed by atoms with van der Waals surface area (Å²) < 4.78 is 55.5. The van der Waals surface area contributed by atoms with E-state index < -0.39 is 32.1 Å². The molecule has 5 rings (SSSR count). The molecule has 188 valence electrons. The molecule has 0 bridgehead atoms. The van der Waals surface area contributed by atoms with E-state index in [0.29, 0.717) is 23.0 Å². The maximum Gasteiger partial charge on any atom is 0.232 e. The molecule has 1 aromatic carbocycles. The number of imidazole rings is 1. The van der Waals surface area contributed by atoms with Crippen molar-refractivity contribution in [2.45, 2.75) is 30.6 Å². The topological polar surface area (TPSA) is 122 Å². The van der Waals surface area contributed by atoms with E-state index in [1.54, 1.807) is 10.9 Å². The Morgan fingerprint density at radius 1 is 1.17 bits per heavy atom. The average Bonchev–Trinajstić information content (AvgIpc) is 3.41. The SMILES string of the molecule is Cc1cc(Nc2nc(N(C)c3c(F)cc(S(C)(=O)=O)cc3F)nc(-c3cn(C)cn3)c2C2CC2)n[nH]1. The van der Waals surface area contributed by atoms with E-state index in [0.717, 1.165) is 47.4 Å². The van der Waals surface area contributed by atoms with Crippen molar-refractivity contribution in [3.05, 3.63) is 53.6 Å². The fraction of sp³-hybridized carbons (Fsp3) is 0.304. The first kappa shape index (κ1) is 23.9. The molecule has 4 aromatic rings. The molecule has 0 atom stereocenters. The Morgan fingerprint density at radius 3 is 2.39 bits per heavy atom. The average molecular weight is 515 g/mol. The van der Waals surface area contributed by atoms with E-state index in [-0.39, 0.29) is 11.9 Å². The van der Waals surface area contributed by atoms with Crippen LogP contribution >= 0.6 is 0 Å². The van der Waals surface area contributed by atoms with Crippen LogP contribution in [-0.2, 0) is 16.9 Å². The van der Waals surface area contributed by atoms with Crippen molar-refractivity contribution in [2.24, 2.45) is 7.05 Å².